The van der Waals surface area contributed by atoms with Gasteiger partial charge < -0.3 is 10.3 Å². The maximum Gasteiger partial charge on any atom is 0.117 e. The molecule has 1 aliphatic carbocycles. The first kappa shape index (κ1) is 13.9. The second-order valence-electron chi connectivity index (χ2n) is 6.08. The molecule has 0 spiro atoms. The fourth-order valence-electron chi connectivity index (χ4n) is 3.50. The minimum Gasteiger partial charge on any atom is -0.328 e. The Balaban J connectivity index is 2.19. The van der Waals surface area contributed by atoms with Crippen LogP contribution < -0.4 is 5.73 Å². The van der Waals surface area contributed by atoms with Crippen molar-refractivity contribution in [1.82, 2.24) is 9.55 Å². The first-order valence-electron chi connectivity index (χ1n) is 7.48. The van der Waals surface area contributed by atoms with Gasteiger partial charge in [-0.05, 0) is 38.0 Å². The molecule has 108 valence electrons. The van der Waals surface area contributed by atoms with Gasteiger partial charge in [-0.2, -0.15) is 0 Å². The van der Waals surface area contributed by atoms with Crippen LogP contribution in [0.1, 0.15) is 45.4 Å². The van der Waals surface area contributed by atoms with E-state index >= 15 is 0 Å². The summed E-state index contributed by atoms with van der Waals surface area (Å²) in [6.07, 6.45) is 4.67. The van der Waals surface area contributed by atoms with Crippen LogP contribution in [0.25, 0.3) is 11.0 Å². The lowest BCUT2D eigenvalue weighted by Gasteiger charge is -2.39. The fourth-order valence-corrected chi connectivity index (χ4v) is 3.66. The Morgan fingerprint density at radius 2 is 2.25 bits per heavy atom. The summed E-state index contributed by atoms with van der Waals surface area (Å²) in [5.74, 6) is 1.13. The molecule has 1 aromatic carbocycles. The lowest BCUT2D eigenvalue weighted by atomic mass is 9.71. The Labute approximate surface area is 125 Å². The number of fused-ring (bicyclic) bond motifs is 1. The van der Waals surface area contributed by atoms with Crippen LogP contribution in [-0.4, -0.2) is 15.6 Å². The maximum absolute atomic E-state index is 6.44. The first-order valence-corrected chi connectivity index (χ1v) is 7.86. The molecule has 4 heteroatoms. The van der Waals surface area contributed by atoms with E-state index < -0.39 is 0 Å². The lowest BCUT2D eigenvalue weighted by molar-refractivity contribution is 0.252. The molecule has 3 rings (SSSR count). The Bertz CT molecular complexity index is 634. The largest absolute Gasteiger partial charge is 0.328 e. The zero-order chi connectivity index (χ0) is 14.3. The third-order valence-electron chi connectivity index (χ3n) is 4.82. The number of rotatable bonds is 2. The minimum absolute atomic E-state index is 0.0280. The van der Waals surface area contributed by atoms with Gasteiger partial charge in [-0.3, -0.25) is 0 Å². The summed E-state index contributed by atoms with van der Waals surface area (Å²) < 4.78 is 2.30. The average Bonchev–Trinajstić information content (AvgIpc) is 2.80. The summed E-state index contributed by atoms with van der Waals surface area (Å²) in [5.41, 5.74) is 8.55. The van der Waals surface area contributed by atoms with E-state index in [2.05, 4.69) is 24.5 Å². The summed E-state index contributed by atoms with van der Waals surface area (Å²) in [5, 5.41) is 0.739. The zero-order valence-corrected chi connectivity index (χ0v) is 13.0. The lowest BCUT2D eigenvalue weighted by Crippen LogP contribution is -2.47. The van der Waals surface area contributed by atoms with E-state index in [0.29, 0.717) is 0 Å². The predicted molar refractivity (Wildman–Crippen MR) is 84.2 cm³/mol. The molecule has 1 aliphatic rings. The Morgan fingerprint density at radius 3 is 2.95 bits per heavy atom. The smallest absolute Gasteiger partial charge is 0.117 e. The Hall–Kier alpha value is -1.06. The molecule has 1 saturated carbocycles. The highest BCUT2D eigenvalue weighted by Gasteiger charge is 2.39. The van der Waals surface area contributed by atoms with E-state index in [4.69, 9.17) is 22.3 Å². The van der Waals surface area contributed by atoms with E-state index in [1.165, 1.54) is 12.8 Å². The second-order valence-corrected chi connectivity index (χ2v) is 6.52. The molecule has 0 radical (unpaired) electrons. The Kier molecular flexibility index (Phi) is 3.51. The molecular formula is C16H22ClN3. The molecule has 20 heavy (non-hydrogen) atoms. The van der Waals surface area contributed by atoms with E-state index in [9.17, 15) is 0 Å². The van der Waals surface area contributed by atoms with Crippen LogP contribution in [0.15, 0.2) is 18.2 Å². The highest BCUT2D eigenvalue weighted by molar-refractivity contribution is 6.31. The molecule has 2 N–H and O–H groups in total. The summed E-state index contributed by atoms with van der Waals surface area (Å²) in [4.78, 5) is 4.89. The summed E-state index contributed by atoms with van der Waals surface area (Å²) in [7, 11) is 0. The van der Waals surface area contributed by atoms with E-state index in [0.717, 1.165) is 41.3 Å². The molecular weight excluding hydrogens is 270 g/mol. The van der Waals surface area contributed by atoms with Gasteiger partial charge >= 0.3 is 0 Å². The fraction of sp³-hybridized carbons (Fsp3) is 0.562. The molecule has 1 heterocycles. The Morgan fingerprint density at radius 1 is 1.45 bits per heavy atom. The topological polar surface area (TPSA) is 43.8 Å². The molecule has 0 aliphatic heterocycles. The van der Waals surface area contributed by atoms with Crippen LogP contribution in [0.2, 0.25) is 5.02 Å². The van der Waals surface area contributed by atoms with Gasteiger partial charge in [0.25, 0.3) is 0 Å². The van der Waals surface area contributed by atoms with Crippen LogP contribution in [0.4, 0.5) is 0 Å². The van der Waals surface area contributed by atoms with Crippen molar-refractivity contribution in [1.29, 1.82) is 0 Å². The van der Waals surface area contributed by atoms with Gasteiger partial charge in [0.2, 0.25) is 0 Å². The molecule has 0 bridgehead atoms. The number of benzene rings is 1. The van der Waals surface area contributed by atoms with Gasteiger partial charge in [0.15, 0.2) is 0 Å². The van der Waals surface area contributed by atoms with Crippen molar-refractivity contribution in [2.24, 2.45) is 5.73 Å². The monoisotopic (exact) mass is 291 g/mol. The van der Waals surface area contributed by atoms with E-state index in [1.54, 1.807) is 0 Å². The van der Waals surface area contributed by atoms with Crippen LogP contribution in [0.3, 0.4) is 0 Å². The van der Waals surface area contributed by atoms with Crippen molar-refractivity contribution in [2.45, 2.75) is 57.5 Å². The van der Waals surface area contributed by atoms with Crippen LogP contribution in [0.5, 0.6) is 0 Å². The number of halogens is 1. The normalized spacial score (nSPS) is 27.1. The van der Waals surface area contributed by atoms with Crippen molar-refractivity contribution in [3.63, 3.8) is 0 Å². The van der Waals surface area contributed by atoms with Crippen LogP contribution in [-0.2, 0) is 12.0 Å². The van der Waals surface area contributed by atoms with Crippen molar-refractivity contribution in [3.8, 4) is 0 Å². The number of imidazole rings is 1. The minimum atomic E-state index is -0.0280. The standard InChI is InChI=1S/C16H22ClN3/c1-3-20-13-8-7-11(17)10-12(13)19-15(20)16(2)9-5-4-6-14(16)18/h7-8,10,14H,3-6,9,18H2,1-2H3. The highest BCUT2D eigenvalue weighted by atomic mass is 35.5. The maximum atomic E-state index is 6.44. The SMILES string of the molecule is CCn1c(C2(C)CCCCC2N)nc2cc(Cl)ccc21. The van der Waals surface area contributed by atoms with Gasteiger partial charge in [-0.25, -0.2) is 4.98 Å². The van der Waals surface area contributed by atoms with Crippen molar-refractivity contribution in [3.05, 3.63) is 29.0 Å². The van der Waals surface area contributed by atoms with Gasteiger partial charge in [0.1, 0.15) is 5.82 Å². The van der Waals surface area contributed by atoms with Gasteiger partial charge in [-0.1, -0.05) is 31.4 Å². The predicted octanol–water partition coefficient (Wildman–Crippen LogP) is 3.87. The second kappa shape index (κ2) is 5.05. The number of nitrogens with zero attached hydrogens (tertiary/aromatic N) is 2. The van der Waals surface area contributed by atoms with Gasteiger partial charge in [-0.15, -0.1) is 0 Å². The van der Waals surface area contributed by atoms with E-state index in [-0.39, 0.29) is 11.5 Å². The summed E-state index contributed by atoms with van der Waals surface area (Å²) in [6.45, 7) is 5.35. The van der Waals surface area contributed by atoms with E-state index in [1.807, 2.05) is 12.1 Å². The van der Waals surface area contributed by atoms with Crippen molar-refractivity contribution < 1.29 is 0 Å². The number of nitrogens with two attached hydrogens (primary N) is 1. The van der Waals surface area contributed by atoms with Gasteiger partial charge in [0, 0.05) is 23.0 Å². The molecule has 3 nitrogen and oxygen atoms in total. The van der Waals surface area contributed by atoms with Gasteiger partial charge in [0.05, 0.1) is 11.0 Å². The highest BCUT2D eigenvalue weighted by Crippen LogP contribution is 2.39. The number of hydrogen-bond donors (Lipinski definition) is 1. The summed E-state index contributed by atoms with van der Waals surface area (Å²) in [6, 6.07) is 6.14. The molecule has 2 aromatic rings. The molecule has 1 aromatic heterocycles. The third-order valence-corrected chi connectivity index (χ3v) is 5.05. The molecule has 2 unspecified atom stereocenters. The number of hydrogen-bond acceptors (Lipinski definition) is 2. The van der Waals surface area contributed by atoms with Crippen LogP contribution >= 0.6 is 11.6 Å². The number of aryl methyl sites for hydroxylation is 1. The quantitative estimate of drug-likeness (QED) is 0.913. The molecule has 1 fully saturated rings. The average molecular weight is 292 g/mol. The number of aromatic nitrogens is 2. The van der Waals surface area contributed by atoms with Crippen molar-refractivity contribution >= 4 is 22.6 Å². The third kappa shape index (κ3) is 2.04. The first-order chi connectivity index (χ1) is 9.56. The molecule has 0 amide bonds. The molecule has 2 atom stereocenters. The zero-order valence-electron chi connectivity index (χ0n) is 12.2. The molecule has 0 saturated heterocycles. The summed E-state index contributed by atoms with van der Waals surface area (Å²) >= 11 is 6.10. The van der Waals surface area contributed by atoms with Crippen LogP contribution in [0, 0.1) is 0 Å². The van der Waals surface area contributed by atoms with Crippen molar-refractivity contribution in [2.75, 3.05) is 0 Å².